The summed E-state index contributed by atoms with van der Waals surface area (Å²) >= 11 is 0. The summed E-state index contributed by atoms with van der Waals surface area (Å²) in [7, 11) is 1.90. The second-order valence-corrected chi connectivity index (χ2v) is 7.74. The van der Waals surface area contributed by atoms with Gasteiger partial charge >= 0.3 is 0 Å². The summed E-state index contributed by atoms with van der Waals surface area (Å²) in [6, 6.07) is 12.4. The zero-order valence-electron chi connectivity index (χ0n) is 17.2. The van der Waals surface area contributed by atoms with Crippen molar-refractivity contribution in [1.82, 2.24) is 20.9 Å². The normalized spacial score (nSPS) is 18.4. The zero-order valence-corrected chi connectivity index (χ0v) is 17.2. The molecule has 4 amide bonds. The van der Waals surface area contributed by atoms with Gasteiger partial charge < -0.3 is 10.6 Å². The fourth-order valence-corrected chi connectivity index (χ4v) is 4.13. The number of amides is 4. The van der Waals surface area contributed by atoms with E-state index in [4.69, 9.17) is 0 Å². The highest BCUT2D eigenvalue weighted by Crippen LogP contribution is 2.29. The average molecular weight is 420 g/mol. The molecule has 2 aliphatic rings. The number of carbonyl (C=O) groups excluding carboxylic acids is 4. The van der Waals surface area contributed by atoms with Crippen molar-refractivity contribution in [2.75, 3.05) is 7.05 Å². The van der Waals surface area contributed by atoms with Crippen molar-refractivity contribution in [1.29, 1.82) is 0 Å². The molecule has 0 bridgehead atoms. The van der Waals surface area contributed by atoms with Gasteiger partial charge in [0.25, 0.3) is 11.8 Å². The number of hydrogen-bond donors (Lipinski definition) is 3. The zero-order chi connectivity index (χ0) is 22.0. The highest BCUT2D eigenvalue weighted by molar-refractivity contribution is 6.24. The van der Waals surface area contributed by atoms with Crippen molar-refractivity contribution in [3.63, 3.8) is 0 Å². The molecule has 2 aromatic carbocycles. The number of imide groups is 2. The summed E-state index contributed by atoms with van der Waals surface area (Å²) in [5.74, 6) is -1.97. The summed E-state index contributed by atoms with van der Waals surface area (Å²) in [6.07, 6.45) is 0.248. The number of hydrogen-bond acceptors (Lipinski definition) is 6. The number of nitrogens with one attached hydrogen (secondary N) is 3. The molecule has 1 saturated heterocycles. The van der Waals surface area contributed by atoms with Gasteiger partial charge in [-0.3, -0.25) is 29.4 Å². The van der Waals surface area contributed by atoms with Gasteiger partial charge in [0.15, 0.2) is 0 Å². The van der Waals surface area contributed by atoms with Gasteiger partial charge in [0.05, 0.1) is 11.1 Å². The fourth-order valence-electron chi connectivity index (χ4n) is 4.13. The molecule has 0 aromatic heterocycles. The minimum absolute atomic E-state index is 0.102. The van der Waals surface area contributed by atoms with Crippen molar-refractivity contribution in [2.24, 2.45) is 0 Å². The lowest BCUT2D eigenvalue weighted by molar-refractivity contribution is -0.136. The molecule has 0 saturated carbocycles. The van der Waals surface area contributed by atoms with Gasteiger partial charge in [0, 0.05) is 26.1 Å². The van der Waals surface area contributed by atoms with Crippen LogP contribution in [0, 0.1) is 0 Å². The monoisotopic (exact) mass is 420 g/mol. The first-order chi connectivity index (χ1) is 15.0. The Balaban J connectivity index is 1.49. The van der Waals surface area contributed by atoms with Crippen molar-refractivity contribution >= 4 is 23.6 Å². The molecule has 1 atom stereocenters. The van der Waals surface area contributed by atoms with Crippen LogP contribution in [0.4, 0.5) is 0 Å². The van der Waals surface area contributed by atoms with E-state index in [1.54, 1.807) is 12.1 Å². The summed E-state index contributed by atoms with van der Waals surface area (Å²) in [5.41, 5.74) is 3.63. The van der Waals surface area contributed by atoms with Gasteiger partial charge in [0.2, 0.25) is 11.8 Å². The van der Waals surface area contributed by atoms with Crippen molar-refractivity contribution in [3.8, 4) is 0 Å². The van der Waals surface area contributed by atoms with Crippen molar-refractivity contribution in [3.05, 3.63) is 70.3 Å². The van der Waals surface area contributed by atoms with E-state index >= 15 is 0 Å². The highest BCUT2D eigenvalue weighted by atomic mass is 16.2. The Morgan fingerprint density at radius 3 is 2.45 bits per heavy atom. The van der Waals surface area contributed by atoms with Gasteiger partial charge in [0.1, 0.15) is 6.04 Å². The van der Waals surface area contributed by atoms with Crippen LogP contribution in [0.5, 0.6) is 0 Å². The lowest BCUT2D eigenvalue weighted by Gasteiger charge is -2.27. The maximum Gasteiger partial charge on any atom is 0.262 e. The minimum Gasteiger partial charge on any atom is -0.316 e. The molecule has 31 heavy (non-hydrogen) atoms. The molecule has 2 aliphatic heterocycles. The fraction of sp³-hybridized carbons (Fsp3) is 0.304. The summed E-state index contributed by atoms with van der Waals surface area (Å²) in [6.45, 7) is 1.80. The van der Waals surface area contributed by atoms with Crippen LogP contribution in [0.15, 0.2) is 42.5 Å². The predicted molar refractivity (Wildman–Crippen MR) is 113 cm³/mol. The standard InChI is InChI=1S/C23H24N4O4/c1-24-11-14-4-2-5-15(10-14)12-25-13-16-6-3-7-17-20(16)23(31)27(22(17)30)18-8-9-19(28)26-21(18)29/h2-7,10,18,24-25H,8-9,11-13H2,1H3,(H,26,28,29). The Hall–Kier alpha value is -3.36. The molecule has 3 N–H and O–H groups in total. The maximum absolute atomic E-state index is 13.1. The lowest BCUT2D eigenvalue weighted by atomic mass is 10.0. The van der Waals surface area contributed by atoms with E-state index in [9.17, 15) is 19.2 Å². The average Bonchev–Trinajstić information content (AvgIpc) is 3.00. The van der Waals surface area contributed by atoms with Crippen LogP contribution in [-0.2, 0) is 29.2 Å². The highest BCUT2D eigenvalue weighted by Gasteiger charge is 2.45. The van der Waals surface area contributed by atoms with E-state index in [0.29, 0.717) is 29.8 Å². The van der Waals surface area contributed by atoms with E-state index in [1.165, 1.54) is 5.56 Å². The van der Waals surface area contributed by atoms with Crippen LogP contribution in [0.2, 0.25) is 0 Å². The second kappa shape index (κ2) is 8.79. The number of carbonyl (C=O) groups is 4. The molecule has 1 fully saturated rings. The summed E-state index contributed by atoms with van der Waals surface area (Å²) < 4.78 is 0. The van der Waals surface area contributed by atoms with E-state index in [1.807, 2.05) is 25.2 Å². The molecular formula is C23H24N4O4. The smallest absolute Gasteiger partial charge is 0.262 e. The molecule has 2 heterocycles. The quantitative estimate of drug-likeness (QED) is 0.579. The number of fused-ring (bicyclic) bond motifs is 1. The van der Waals surface area contributed by atoms with Crippen LogP contribution in [0.1, 0.15) is 50.2 Å². The lowest BCUT2D eigenvalue weighted by Crippen LogP contribution is -2.54. The first-order valence-corrected chi connectivity index (χ1v) is 10.3. The Morgan fingerprint density at radius 2 is 1.71 bits per heavy atom. The summed E-state index contributed by atoms with van der Waals surface area (Å²) in [5, 5.41) is 8.67. The van der Waals surface area contributed by atoms with Crippen molar-refractivity contribution in [2.45, 2.75) is 38.5 Å². The Morgan fingerprint density at radius 1 is 0.968 bits per heavy atom. The van der Waals surface area contributed by atoms with Crippen LogP contribution in [-0.4, -0.2) is 41.6 Å². The molecule has 4 rings (SSSR count). The molecule has 160 valence electrons. The largest absolute Gasteiger partial charge is 0.316 e. The first-order valence-electron chi connectivity index (χ1n) is 10.3. The Kier molecular flexibility index (Phi) is 5.92. The van der Waals surface area contributed by atoms with Gasteiger partial charge in [-0.1, -0.05) is 36.4 Å². The van der Waals surface area contributed by atoms with Gasteiger partial charge in [-0.15, -0.1) is 0 Å². The third-order valence-electron chi connectivity index (χ3n) is 5.57. The van der Waals surface area contributed by atoms with Crippen LogP contribution in [0.3, 0.4) is 0 Å². The number of rotatable bonds is 7. The molecule has 0 aliphatic carbocycles. The molecule has 8 heteroatoms. The van der Waals surface area contributed by atoms with E-state index < -0.39 is 23.8 Å². The van der Waals surface area contributed by atoms with E-state index in [2.05, 4.69) is 28.1 Å². The Bertz CT molecular complexity index is 1070. The molecule has 2 aromatic rings. The molecule has 1 unspecified atom stereocenters. The van der Waals surface area contributed by atoms with Crippen LogP contribution in [0.25, 0.3) is 0 Å². The first kappa shape index (κ1) is 20.9. The van der Waals surface area contributed by atoms with E-state index in [0.717, 1.165) is 17.0 Å². The Labute approximate surface area is 180 Å². The van der Waals surface area contributed by atoms with Gasteiger partial charge in [-0.05, 0) is 36.2 Å². The third kappa shape index (κ3) is 4.12. The maximum atomic E-state index is 13.1. The SMILES string of the molecule is CNCc1cccc(CNCc2cccc3c2C(=O)N(C2CCC(=O)NC2=O)C3=O)c1. The second-order valence-electron chi connectivity index (χ2n) is 7.74. The molecule has 0 spiro atoms. The third-order valence-corrected chi connectivity index (χ3v) is 5.57. The predicted octanol–water partition coefficient (Wildman–Crippen LogP) is 1.10. The number of piperidine rings is 1. The van der Waals surface area contributed by atoms with E-state index in [-0.39, 0.29) is 18.7 Å². The topological polar surface area (TPSA) is 108 Å². The van der Waals surface area contributed by atoms with Crippen LogP contribution < -0.4 is 16.0 Å². The summed E-state index contributed by atoms with van der Waals surface area (Å²) in [4.78, 5) is 50.7. The minimum atomic E-state index is -0.958. The van der Waals surface area contributed by atoms with Gasteiger partial charge in [-0.25, -0.2) is 0 Å². The van der Waals surface area contributed by atoms with Crippen LogP contribution >= 0.6 is 0 Å². The number of nitrogens with zero attached hydrogens (tertiary/aromatic N) is 1. The molecular weight excluding hydrogens is 396 g/mol. The number of benzene rings is 2. The molecule has 0 radical (unpaired) electrons. The molecule has 8 nitrogen and oxygen atoms in total. The van der Waals surface area contributed by atoms with Crippen molar-refractivity contribution < 1.29 is 19.2 Å². The van der Waals surface area contributed by atoms with Gasteiger partial charge in [-0.2, -0.15) is 0 Å².